The summed E-state index contributed by atoms with van der Waals surface area (Å²) in [4.78, 5) is 11.2. The van der Waals surface area contributed by atoms with Gasteiger partial charge in [0.15, 0.2) is 0 Å². The third kappa shape index (κ3) is 12.2. The summed E-state index contributed by atoms with van der Waals surface area (Å²) in [6.07, 6.45) is 11.3. The quantitative estimate of drug-likeness (QED) is 0.211. The minimum atomic E-state index is -1.26. The van der Waals surface area contributed by atoms with Crippen molar-refractivity contribution in [3.63, 3.8) is 0 Å². The zero-order chi connectivity index (χ0) is 19.8. The number of carbonyl (C=O) groups excluding carboxylic acids is 1. The number of rotatable bonds is 16. The number of aliphatic carboxylic acids is 1. The summed E-state index contributed by atoms with van der Waals surface area (Å²) < 4.78 is -0.128. The number of hydrogen-bond acceptors (Lipinski definition) is 5. The van der Waals surface area contributed by atoms with Crippen LogP contribution in [-0.4, -0.2) is 70.8 Å². The van der Waals surface area contributed by atoms with Crippen molar-refractivity contribution in [1.29, 1.82) is 0 Å². The van der Waals surface area contributed by atoms with Crippen LogP contribution in [0, 0.1) is 0 Å². The van der Waals surface area contributed by atoms with Crippen molar-refractivity contribution in [3.8, 4) is 0 Å². The van der Waals surface area contributed by atoms with Crippen molar-refractivity contribution in [2.45, 2.75) is 64.6 Å². The number of aliphatic hydroxyl groups excluding tert-OH is 3. The third-order valence-electron chi connectivity index (χ3n) is 4.35. The Kier molecular flexibility index (Phi) is 14.2. The van der Waals surface area contributed by atoms with Gasteiger partial charge >= 0.3 is 0 Å². The second-order valence-electron chi connectivity index (χ2n) is 6.96. The SMILES string of the molecule is CCCC/C=C/C(O)C[N+](CCO)(CC(=O)[O-])CC(O)/C=C/CCCC. The molecule has 0 aromatic heterocycles. The van der Waals surface area contributed by atoms with Gasteiger partial charge in [-0.15, -0.1) is 0 Å². The molecule has 0 aliphatic carbocycles. The number of aliphatic hydroxyl groups is 3. The highest BCUT2D eigenvalue weighted by Gasteiger charge is 2.31. The molecule has 6 heteroatoms. The van der Waals surface area contributed by atoms with Crippen molar-refractivity contribution in [1.82, 2.24) is 0 Å². The molecule has 0 rings (SSSR count). The highest BCUT2D eigenvalue weighted by Crippen LogP contribution is 2.12. The predicted molar refractivity (Wildman–Crippen MR) is 101 cm³/mol. The number of unbranched alkanes of at least 4 members (excludes halogenated alkanes) is 4. The number of nitrogens with zero attached hydrogens (tertiary/aromatic N) is 1. The Morgan fingerprint density at radius 3 is 1.81 bits per heavy atom. The van der Waals surface area contributed by atoms with E-state index in [-0.39, 0.29) is 37.3 Å². The molecule has 0 aliphatic rings. The van der Waals surface area contributed by atoms with E-state index in [0.717, 1.165) is 38.5 Å². The van der Waals surface area contributed by atoms with E-state index >= 15 is 0 Å². The molecule has 0 saturated carbocycles. The van der Waals surface area contributed by atoms with E-state index in [4.69, 9.17) is 0 Å². The lowest BCUT2D eigenvalue weighted by molar-refractivity contribution is -0.927. The molecular formula is C20H37NO5. The van der Waals surface area contributed by atoms with Gasteiger partial charge in [0.2, 0.25) is 0 Å². The fraction of sp³-hybridized carbons (Fsp3) is 0.750. The van der Waals surface area contributed by atoms with Crippen LogP contribution in [0.1, 0.15) is 52.4 Å². The van der Waals surface area contributed by atoms with Gasteiger partial charge in [0, 0.05) is 0 Å². The highest BCUT2D eigenvalue weighted by molar-refractivity contribution is 5.65. The molecule has 6 nitrogen and oxygen atoms in total. The van der Waals surface area contributed by atoms with Crippen LogP contribution in [0.2, 0.25) is 0 Å². The minimum absolute atomic E-state index is 0.108. The average Bonchev–Trinajstić information content (AvgIpc) is 2.55. The molecule has 0 spiro atoms. The molecular weight excluding hydrogens is 334 g/mol. The Morgan fingerprint density at radius 2 is 1.46 bits per heavy atom. The molecule has 152 valence electrons. The Hall–Kier alpha value is -1.21. The van der Waals surface area contributed by atoms with E-state index in [1.165, 1.54) is 0 Å². The summed E-state index contributed by atoms with van der Waals surface area (Å²) in [5, 5.41) is 41.2. The molecule has 0 radical (unpaired) electrons. The maximum Gasteiger partial charge on any atom is 0.121 e. The van der Waals surface area contributed by atoms with Crippen molar-refractivity contribution in [3.05, 3.63) is 24.3 Å². The second kappa shape index (κ2) is 14.9. The summed E-state index contributed by atoms with van der Waals surface area (Å²) in [7, 11) is 0. The first-order valence-electron chi connectivity index (χ1n) is 9.74. The summed E-state index contributed by atoms with van der Waals surface area (Å²) in [6.45, 7) is 3.93. The number of carboxylic acid groups (broad SMARTS) is 1. The van der Waals surface area contributed by atoms with Crippen LogP contribution in [0.3, 0.4) is 0 Å². The van der Waals surface area contributed by atoms with E-state index in [1.54, 1.807) is 12.2 Å². The van der Waals surface area contributed by atoms with Crippen molar-refractivity contribution < 1.29 is 29.7 Å². The summed E-state index contributed by atoms with van der Waals surface area (Å²) >= 11 is 0. The van der Waals surface area contributed by atoms with Gasteiger partial charge in [-0.25, -0.2) is 0 Å². The molecule has 3 N–H and O–H groups in total. The van der Waals surface area contributed by atoms with E-state index < -0.39 is 18.2 Å². The maximum absolute atomic E-state index is 11.2. The van der Waals surface area contributed by atoms with E-state index in [9.17, 15) is 25.2 Å². The largest absolute Gasteiger partial charge is 0.544 e. The van der Waals surface area contributed by atoms with Crippen molar-refractivity contribution in [2.24, 2.45) is 0 Å². The summed E-state index contributed by atoms with van der Waals surface area (Å²) in [5.74, 6) is -1.26. The molecule has 2 unspecified atom stereocenters. The van der Waals surface area contributed by atoms with Gasteiger partial charge in [0.05, 0.1) is 12.6 Å². The Balaban J connectivity index is 5.04. The van der Waals surface area contributed by atoms with Gasteiger partial charge in [-0.05, 0) is 12.8 Å². The Labute approximate surface area is 158 Å². The molecule has 2 atom stereocenters. The van der Waals surface area contributed by atoms with Gasteiger partial charge < -0.3 is 29.7 Å². The lowest BCUT2D eigenvalue weighted by Gasteiger charge is -2.40. The van der Waals surface area contributed by atoms with Crippen LogP contribution in [0.5, 0.6) is 0 Å². The molecule has 0 fully saturated rings. The fourth-order valence-corrected chi connectivity index (χ4v) is 3.02. The van der Waals surface area contributed by atoms with Crippen LogP contribution in [0.25, 0.3) is 0 Å². The van der Waals surface area contributed by atoms with Crippen molar-refractivity contribution in [2.75, 3.05) is 32.8 Å². The van der Waals surface area contributed by atoms with Crippen LogP contribution in [0.4, 0.5) is 0 Å². The van der Waals surface area contributed by atoms with E-state index in [1.807, 2.05) is 12.2 Å². The van der Waals surface area contributed by atoms with Gasteiger partial charge in [-0.1, -0.05) is 63.8 Å². The lowest BCUT2D eigenvalue weighted by atomic mass is 10.1. The normalized spacial score (nSPS) is 16.8. The maximum atomic E-state index is 11.2. The summed E-state index contributed by atoms with van der Waals surface area (Å²) in [6, 6.07) is 0. The second-order valence-corrected chi connectivity index (χ2v) is 6.96. The molecule has 0 amide bonds. The monoisotopic (exact) mass is 371 g/mol. The predicted octanol–water partition coefficient (Wildman–Crippen LogP) is 0.760. The van der Waals surface area contributed by atoms with Gasteiger partial charge in [0.1, 0.15) is 38.4 Å². The first kappa shape index (κ1) is 24.8. The average molecular weight is 372 g/mol. The smallest absolute Gasteiger partial charge is 0.121 e. The van der Waals surface area contributed by atoms with Gasteiger partial charge in [0.25, 0.3) is 0 Å². The molecule has 0 aromatic carbocycles. The number of allylic oxidation sites excluding steroid dienone is 2. The number of quaternary nitrogens is 1. The van der Waals surface area contributed by atoms with E-state index in [0.29, 0.717) is 0 Å². The molecule has 0 heterocycles. The van der Waals surface area contributed by atoms with Crippen LogP contribution >= 0.6 is 0 Å². The van der Waals surface area contributed by atoms with Gasteiger partial charge in [-0.2, -0.15) is 0 Å². The molecule has 26 heavy (non-hydrogen) atoms. The number of carbonyl (C=O) groups is 1. The first-order valence-corrected chi connectivity index (χ1v) is 9.74. The fourth-order valence-electron chi connectivity index (χ4n) is 3.02. The molecule has 0 aromatic rings. The van der Waals surface area contributed by atoms with Crippen LogP contribution in [0.15, 0.2) is 24.3 Å². The third-order valence-corrected chi connectivity index (χ3v) is 4.35. The topological polar surface area (TPSA) is 101 Å². The number of hydrogen-bond donors (Lipinski definition) is 3. The standard InChI is InChI=1S/C20H37NO5/c1-3-5-7-9-11-18(23)15-21(13-14-22,17-20(25)26)16-19(24)12-10-8-6-4-2/h9-12,18-19,22-24H,3-8,13-17H2,1-2H3/b11-9+,12-10+. The minimum Gasteiger partial charge on any atom is -0.544 e. The zero-order valence-corrected chi connectivity index (χ0v) is 16.3. The highest BCUT2D eigenvalue weighted by atomic mass is 16.4. The van der Waals surface area contributed by atoms with Crippen LogP contribution < -0.4 is 5.11 Å². The Bertz CT molecular complexity index is 396. The number of carboxylic acids is 1. The Morgan fingerprint density at radius 1 is 1.00 bits per heavy atom. The molecule has 0 bridgehead atoms. The van der Waals surface area contributed by atoms with E-state index in [2.05, 4.69) is 13.8 Å². The molecule has 0 saturated heterocycles. The first-order chi connectivity index (χ1) is 12.4. The van der Waals surface area contributed by atoms with Crippen LogP contribution in [-0.2, 0) is 4.79 Å². The molecule has 0 aliphatic heterocycles. The summed E-state index contributed by atoms with van der Waals surface area (Å²) in [5.41, 5.74) is 0. The zero-order valence-electron chi connectivity index (χ0n) is 16.3. The van der Waals surface area contributed by atoms with Gasteiger partial charge in [-0.3, -0.25) is 0 Å². The lowest BCUT2D eigenvalue weighted by Crippen LogP contribution is -2.60. The van der Waals surface area contributed by atoms with Crippen molar-refractivity contribution >= 4 is 5.97 Å².